The van der Waals surface area contributed by atoms with Crippen molar-refractivity contribution in [2.45, 2.75) is 32.0 Å². The summed E-state index contributed by atoms with van der Waals surface area (Å²) in [4.78, 5) is 3.86. The summed E-state index contributed by atoms with van der Waals surface area (Å²) in [6.07, 6.45) is 8.30. The Bertz CT molecular complexity index is 1440. The Morgan fingerprint density at radius 2 is 1.43 bits per heavy atom. The van der Waals surface area contributed by atoms with Gasteiger partial charge in [-0.1, -0.05) is 60.7 Å². The van der Waals surface area contributed by atoms with Gasteiger partial charge in [-0.3, -0.25) is 4.98 Å². The molecule has 0 amide bonds. The number of fused-ring (bicyclic) bond motifs is 5. The Hall–Kier alpha value is -3.86. The molecule has 1 aromatic heterocycles. The molecule has 3 aromatic carbocycles. The summed E-state index contributed by atoms with van der Waals surface area (Å²) < 4.78 is 39.6. The minimum Gasteiger partial charge on any atom is -0.406 e. The maximum Gasteiger partial charge on any atom is 0.573 e. The highest BCUT2D eigenvalue weighted by molar-refractivity contribution is 5.74. The summed E-state index contributed by atoms with van der Waals surface area (Å²) in [6, 6.07) is 22.7. The van der Waals surface area contributed by atoms with E-state index in [0.29, 0.717) is 0 Å². The molecule has 1 heterocycles. The zero-order valence-corrected chi connectivity index (χ0v) is 19.1. The fourth-order valence-corrected chi connectivity index (χ4v) is 4.70. The molecule has 0 bridgehead atoms. The molecular weight excluding hydrogens is 447 g/mol. The number of pyridine rings is 1. The Labute approximate surface area is 202 Å². The molecule has 2 nitrogen and oxygen atoms in total. The van der Waals surface area contributed by atoms with Crippen LogP contribution in [0, 0.1) is 0 Å². The molecule has 5 heteroatoms. The van der Waals surface area contributed by atoms with Crippen molar-refractivity contribution in [3.63, 3.8) is 0 Å². The van der Waals surface area contributed by atoms with Gasteiger partial charge in [-0.05, 0) is 93.8 Å². The Morgan fingerprint density at radius 3 is 2.20 bits per heavy atom. The molecule has 4 aromatic rings. The Morgan fingerprint density at radius 1 is 0.686 bits per heavy atom. The highest BCUT2D eigenvalue weighted by atomic mass is 19.4. The van der Waals surface area contributed by atoms with Crippen LogP contribution in [0.15, 0.2) is 85.2 Å². The lowest BCUT2D eigenvalue weighted by molar-refractivity contribution is -0.274. The van der Waals surface area contributed by atoms with E-state index >= 15 is 0 Å². The Kier molecular flexibility index (Phi) is 6.41. The number of alkyl halides is 3. The second kappa shape index (κ2) is 9.79. The molecule has 0 saturated carbocycles. The van der Waals surface area contributed by atoms with Gasteiger partial charge in [-0.25, -0.2) is 0 Å². The van der Waals surface area contributed by atoms with Gasteiger partial charge in [-0.2, -0.15) is 0 Å². The van der Waals surface area contributed by atoms with E-state index in [1.54, 1.807) is 36.7 Å². The van der Waals surface area contributed by atoms with E-state index in [0.717, 1.165) is 17.5 Å². The maximum absolute atomic E-state index is 11.9. The third-order valence-electron chi connectivity index (χ3n) is 6.31. The number of hydrogen-bond donors (Lipinski definition) is 0. The molecule has 0 spiro atoms. The minimum absolute atomic E-state index is 0.227. The van der Waals surface area contributed by atoms with Crippen molar-refractivity contribution >= 4 is 12.2 Å². The SMILES string of the molecule is C1=c2c(ccc3c2=CCc2ccccc2-3)CCC1.FC(F)(F)Oc1ccc(-c2ccncc2)cc1. The molecule has 2 aliphatic carbocycles. The lowest BCUT2D eigenvalue weighted by Crippen LogP contribution is -2.33. The van der Waals surface area contributed by atoms with Crippen LogP contribution in [-0.2, 0) is 12.8 Å². The number of halogens is 3. The predicted molar refractivity (Wildman–Crippen MR) is 133 cm³/mol. The maximum atomic E-state index is 11.9. The topological polar surface area (TPSA) is 22.1 Å². The average Bonchev–Trinajstić information content (AvgIpc) is 2.89. The Balaban J connectivity index is 0.000000145. The van der Waals surface area contributed by atoms with Crippen LogP contribution in [-0.4, -0.2) is 11.3 Å². The minimum atomic E-state index is -4.65. The number of rotatable bonds is 2. The molecule has 35 heavy (non-hydrogen) atoms. The van der Waals surface area contributed by atoms with Crippen molar-refractivity contribution in [3.8, 4) is 28.0 Å². The van der Waals surface area contributed by atoms with E-state index < -0.39 is 6.36 Å². The molecule has 0 fully saturated rings. The molecule has 6 rings (SSSR count). The summed E-state index contributed by atoms with van der Waals surface area (Å²) in [5.74, 6) is -0.227. The van der Waals surface area contributed by atoms with Crippen LogP contribution in [0.3, 0.4) is 0 Å². The van der Waals surface area contributed by atoms with Crippen molar-refractivity contribution < 1.29 is 17.9 Å². The first-order valence-electron chi connectivity index (χ1n) is 11.6. The van der Waals surface area contributed by atoms with Crippen LogP contribution in [0.1, 0.15) is 24.0 Å². The van der Waals surface area contributed by atoms with Gasteiger partial charge in [0.25, 0.3) is 0 Å². The number of aromatic nitrogens is 1. The molecular formula is C30H24F3NO. The first kappa shape index (κ1) is 22.9. The van der Waals surface area contributed by atoms with Crippen LogP contribution in [0.2, 0.25) is 0 Å². The fraction of sp³-hybridized carbons (Fsp3) is 0.167. The third kappa shape index (κ3) is 5.29. The van der Waals surface area contributed by atoms with Crippen LogP contribution in [0.25, 0.3) is 34.4 Å². The van der Waals surface area contributed by atoms with Gasteiger partial charge in [-0.15, -0.1) is 13.2 Å². The van der Waals surface area contributed by atoms with Crippen molar-refractivity contribution in [1.82, 2.24) is 4.98 Å². The number of ether oxygens (including phenoxy) is 1. The van der Waals surface area contributed by atoms with Crippen LogP contribution >= 0.6 is 0 Å². The molecule has 0 N–H and O–H groups in total. The van der Waals surface area contributed by atoms with Gasteiger partial charge in [0.1, 0.15) is 5.75 Å². The molecule has 0 atom stereocenters. The molecule has 176 valence electrons. The van der Waals surface area contributed by atoms with Crippen LogP contribution in [0.5, 0.6) is 5.75 Å². The highest BCUT2D eigenvalue weighted by Crippen LogP contribution is 2.26. The largest absolute Gasteiger partial charge is 0.573 e. The van der Waals surface area contributed by atoms with Gasteiger partial charge in [0, 0.05) is 12.4 Å². The molecule has 0 saturated heterocycles. The summed E-state index contributed by atoms with van der Waals surface area (Å²) in [6.45, 7) is 0. The van der Waals surface area contributed by atoms with Crippen molar-refractivity contribution in [2.75, 3.05) is 0 Å². The monoisotopic (exact) mass is 471 g/mol. The van der Waals surface area contributed by atoms with Gasteiger partial charge in [0.05, 0.1) is 0 Å². The van der Waals surface area contributed by atoms with Crippen LogP contribution in [0.4, 0.5) is 13.2 Å². The lowest BCUT2D eigenvalue weighted by atomic mass is 9.87. The van der Waals surface area contributed by atoms with Gasteiger partial charge in [0.15, 0.2) is 0 Å². The standard InChI is InChI=1S/C18H16.C12H8F3NO/c1-3-7-15-13(5-1)9-11-18-16-8-4-2-6-14(16)10-12-17(15)18;13-12(14,15)17-11-3-1-9(2-4-11)10-5-7-16-8-6-10/h1,3,5,7-8,10-12H,2,4,6,9H2;1-8H. The van der Waals surface area contributed by atoms with Crippen LogP contribution < -0.4 is 15.2 Å². The zero-order valence-electron chi connectivity index (χ0n) is 19.1. The second-order valence-corrected chi connectivity index (χ2v) is 8.57. The van der Waals surface area contributed by atoms with E-state index in [4.69, 9.17) is 0 Å². The number of nitrogens with zero attached hydrogens (tertiary/aromatic N) is 1. The lowest BCUT2D eigenvalue weighted by Gasteiger charge is -2.17. The summed E-state index contributed by atoms with van der Waals surface area (Å²) in [5, 5.41) is 2.99. The molecule has 0 unspecified atom stereocenters. The van der Waals surface area contributed by atoms with Gasteiger partial charge in [0.2, 0.25) is 0 Å². The quantitative estimate of drug-likeness (QED) is 0.335. The van der Waals surface area contributed by atoms with E-state index in [9.17, 15) is 13.2 Å². The van der Waals surface area contributed by atoms with Crippen molar-refractivity contribution in [3.05, 3.63) is 107 Å². The first-order chi connectivity index (χ1) is 17.0. The number of benzene rings is 3. The zero-order chi connectivity index (χ0) is 24.3. The molecule has 2 aliphatic rings. The highest BCUT2D eigenvalue weighted by Gasteiger charge is 2.30. The summed E-state index contributed by atoms with van der Waals surface area (Å²) in [7, 11) is 0. The average molecular weight is 472 g/mol. The van der Waals surface area contributed by atoms with Crippen molar-refractivity contribution in [1.29, 1.82) is 0 Å². The second-order valence-electron chi connectivity index (χ2n) is 8.57. The third-order valence-corrected chi connectivity index (χ3v) is 6.31. The van der Waals surface area contributed by atoms with Crippen molar-refractivity contribution in [2.24, 2.45) is 0 Å². The molecule has 0 radical (unpaired) electrons. The van der Waals surface area contributed by atoms with Gasteiger partial charge < -0.3 is 4.74 Å². The summed E-state index contributed by atoms with van der Waals surface area (Å²) >= 11 is 0. The number of aryl methyl sites for hydroxylation is 1. The number of hydrogen-bond acceptors (Lipinski definition) is 2. The fourth-order valence-electron chi connectivity index (χ4n) is 4.70. The normalized spacial score (nSPS) is 13.6. The van der Waals surface area contributed by atoms with E-state index in [-0.39, 0.29) is 5.75 Å². The smallest absolute Gasteiger partial charge is 0.406 e. The van der Waals surface area contributed by atoms with E-state index in [1.807, 2.05) is 0 Å². The molecule has 0 aliphatic heterocycles. The van der Waals surface area contributed by atoms with Gasteiger partial charge >= 0.3 is 6.36 Å². The van der Waals surface area contributed by atoms with E-state index in [1.165, 1.54) is 64.1 Å². The van der Waals surface area contributed by atoms with E-state index in [2.05, 4.69) is 58.3 Å². The first-order valence-corrected chi connectivity index (χ1v) is 11.6. The predicted octanol–water partition coefficient (Wildman–Crippen LogP) is 6.45. The summed E-state index contributed by atoms with van der Waals surface area (Å²) in [5.41, 5.74) is 7.54.